The third-order valence-corrected chi connectivity index (χ3v) is 4.27. The first kappa shape index (κ1) is 18.0. The van der Waals surface area contributed by atoms with Crippen LogP contribution in [0.3, 0.4) is 0 Å². The zero-order chi connectivity index (χ0) is 17.6. The van der Waals surface area contributed by atoms with E-state index in [2.05, 4.69) is 5.32 Å². The van der Waals surface area contributed by atoms with Gasteiger partial charge in [0, 0.05) is 6.54 Å². The van der Waals surface area contributed by atoms with Gasteiger partial charge >= 0.3 is 0 Å². The summed E-state index contributed by atoms with van der Waals surface area (Å²) >= 11 is 0. The Morgan fingerprint density at radius 2 is 1.75 bits per heavy atom. The van der Waals surface area contributed by atoms with E-state index in [1.807, 2.05) is 68.4 Å². The predicted octanol–water partition coefficient (Wildman–Crippen LogP) is 3.21. The van der Waals surface area contributed by atoms with Crippen LogP contribution in [0.5, 0.6) is 5.75 Å². The fourth-order valence-electron chi connectivity index (χ4n) is 2.52. The van der Waals surface area contributed by atoms with Crippen LogP contribution in [0.1, 0.15) is 37.5 Å². The van der Waals surface area contributed by atoms with Gasteiger partial charge in [0.05, 0.1) is 18.6 Å². The van der Waals surface area contributed by atoms with Crippen molar-refractivity contribution in [3.8, 4) is 5.75 Å². The van der Waals surface area contributed by atoms with Crippen LogP contribution in [0, 0.1) is 0 Å². The van der Waals surface area contributed by atoms with Crippen molar-refractivity contribution in [3.63, 3.8) is 0 Å². The number of carbonyl (C=O) groups excluding carboxylic acids is 1. The average Bonchev–Trinajstić information content (AvgIpc) is 2.62. The normalized spacial score (nSPS) is 12.5. The Kier molecular flexibility index (Phi) is 5.99. The van der Waals surface area contributed by atoms with Crippen LogP contribution in [-0.4, -0.2) is 24.7 Å². The van der Waals surface area contributed by atoms with Crippen LogP contribution in [0.4, 0.5) is 0 Å². The molecule has 0 saturated carbocycles. The van der Waals surface area contributed by atoms with Crippen molar-refractivity contribution in [2.45, 2.75) is 31.8 Å². The summed E-state index contributed by atoms with van der Waals surface area (Å²) in [5.41, 5.74) is 1.13. The highest BCUT2D eigenvalue weighted by Crippen LogP contribution is 2.25. The molecular formula is C20H25NO3. The molecule has 1 amide bonds. The van der Waals surface area contributed by atoms with Crippen LogP contribution < -0.4 is 10.1 Å². The standard InChI is InChI=1S/C20H25NO3/c1-20(2,16-9-11-17(24-3)12-10-16)19(23)21-14-13-18(22)15-7-5-4-6-8-15/h4-12,18,22H,13-14H2,1-3H3,(H,21,23)/t18-/m0/s1. The Bertz CT molecular complexity index is 650. The summed E-state index contributed by atoms with van der Waals surface area (Å²) in [6, 6.07) is 17.0. The fourth-order valence-corrected chi connectivity index (χ4v) is 2.52. The number of methoxy groups -OCH3 is 1. The lowest BCUT2D eigenvalue weighted by molar-refractivity contribution is -0.125. The van der Waals surface area contributed by atoms with Crippen LogP contribution in [-0.2, 0) is 10.2 Å². The molecule has 4 nitrogen and oxygen atoms in total. The Morgan fingerprint density at radius 3 is 2.33 bits per heavy atom. The van der Waals surface area contributed by atoms with Crippen LogP contribution >= 0.6 is 0 Å². The van der Waals surface area contributed by atoms with Gasteiger partial charge in [0.25, 0.3) is 0 Å². The van der Waals surface area contributed by atoms with Crippen molar-refractivity contribution >= 4 is 5.91 Å². The first-order valence-corrected chi connectivity index (χ1v) is 8.11. The first-order chi connectivity index (χ1) is 11.4. The van der Waals surface area contributed by atoms with Gasteiger partial charge in [0.1, 0.15) is 5.75 Å². The molecule has 4 heteroatoms. The highest BCUT2D eigenvalue weighted by Gasteiger charge is 2.29. The van der Waals surface area contributed by atoms with Gasteiger partial charge in [-0.1, -0.05) is 42.5 Å². The third-order valence-electron chi connectivity index (χ3n) is 4.27. The maximum absolute atomic E-state index is 12.5. The molecule has 24 heavy (non-hydrogen) atoms. The molecule has 0 unspecified atom stereocenters. The lowest BCUT2D eigenvalue weighted by atomic mass is 9.83. The number of nitrogens with one attached hydrogen (secondary N) is 1. The molecule has 0 heterocycles. The summed E-state index contributed by atoms with van der Waals surface area (Å²) in [6.45, 7) is 4.20. The zero-order valence-electron chi connectivity index (χ0n) is 14.5. The molecule has 2 rings (SSSR count). The molecule has 2 aromatic carbocycles. The molecule has 0 radical (unpaired) electrons. The minimum atomic E-state index is -0.649. The van der Waals surface area contributed by atoms with Gasteiger partial charge in [0.15, 0.2) is 0 Å². The van der Waals surface area contributed by atoms with E-state index in [4.69, 9.17) is 4.74 Å². The molecule has 0 spiro atoms. The van der Waals surface area contributed by atoms with Crippen molar-refractivity contribution in [1.82, 2.24) is 5.32 Å². The molecule has 128 valence electrons. The second-order valence-electron chi connectivity index (χ2n) is 6.32. The third kappa shape index (κ3) is 4.36. The highest BCUT2D eigenvalue weighted by atomic mass is 16.5. The van der Waals surface area contributed by atoms with Crippen molar-refractivity contribution in [3.05, 3.63) is 65.7 Å². The number of amides is 1. The second kappa shape index (κ2) is 7.97. The summed E-state index contributed by atoms with van der Waals surface area (Å²) in [7, 11) is 1.62. The summed E-state index contributed by atoms with van der Waals surface area (Å²) in [5, 5.41) is 13.1. The Morgan fingerprint density at radius 1 is 1.12 bits per heavy atom. The Balaban J connectivity index is 1.90. The molecule has 0 aliphatic rings. The average molecular weight is 327 g/mol. The maximum atomic E-state index is 12.5. The Labute approximate surface area is 143 Å². The Hall–Kier alpha value is -2.33. The van der Waals surface area contributed by atoms with E-state index < -0.39 is 11.5 Å². The number of ether oxygens (including phenoxy) is 1. The lowest BCUT2D eigenvalue weighted by Gasteiger charge is -2.24. The van der Waals surface area contributed by atoms with E-state index >= 15 is 0 Å². The molecule has 2 aromatic rings. The number of carbonyl (C=O) groups is 1. The number of aliphatic hydroxyl groups excluding tert-OH is 1. The number of benzene rings is 2. The monoisotopic (exact) mass is 327 g/mol. The van der Waals surface area contributed by atoms with E-state index in [1.54, 1.807) is 7.11 Å². The van der Waals surface area contributed by atoms with Gasteiger partial charge in [-0.2, -0.15) is 0 Å². The van der Waals surface area contributed by atoms with Gasteiger partial charge in [-0.25, -0.2) is 0 Å². The molecule has 0 fully saturated rings. The number of aliphatic hydroxyl groups is 1. The van der Waals surface area contributed by atoms with E-state index in [9.17, 15) is 9.90 Å². The van der Waals surface area contributed by atoms with Crippen molar-refractivity contribution in [2.24, 2.45) is 0 Å². The van der Waals surface area contributed by atoms with Crippen LogP contribution in [0.15, 0.2) is 54.6 Å². The molecule has 0 aromatic heterocycles. The van der Waals surface area contributed by atoms with E-state index in [-0.39, 0.29) is 5.91 Å². The SMILES string of the molecule is COc1ccc(C(C)(C)C(=O)NCC[C@H](O)c2ccccc2)cc1. The maximum Gasteiger partial charge on any atom is 0.230 e. The topological polar surface area (TPSA) is 58.6 Å². The zero-order valence-corrected chi connectivity index (χ0v) is 14.5. The second-order valence-corrected chi connectivity index (χ2v) is 6.32. The molecule has 2 N–H and O–H groups in total. The molecule has 0 saturated heterocycles. The summed E-state index contributed by atoms with van der Waals surface area (Å²) in [4.78, 5) is 12.5. The van der Waals surface area contributed by atoms with Gasteiger partial charge in [-0.05, 0) is 43.5 Å². The van der Waals surface area contributed by atoms with Crippen molar-refractivity contribution in [2.75, 3.05) is 13.7 Å². The van der Waals surface area contributed by atoms with E-state index in [0.717, 1.165) is 16.9 Å². The minimum Gasteiger partial charge on any atom is -0.497 e. The smallest absolute Gasteiger partial charge is 0.230 e. The number of rotatable bonds is 7. The van der Waals surface area contributed by atoms with Gasteiger partial charge in [-0.3, -0.25) is 4.79 Å². The highest BCUT2D eigenvalue weighted by molar-refractivity contribution is 5.87. The first-order valence-electron chi connectivity index (χ1n) is 8.11. The summed E-state index contributed by atoms with van der Waals surface area (Å²) < 4.78 is 5.15. The molecule has 0 aliphatic carbocycles. The quantitative estimate of drug-likeness (QED) is 0.821. The van der Waals surface area contributed by atoms with Gasteiger partial charge < -0.3 is 15.2 Å². The molecular weight excluding hydrogens is 302 g/mol. The van der Waals surface area contributed by atoms with Gasteiger partial charge in [0.2, 0.25) is 5.91 Å². The van der Waals surface area contributed by atoms with Crippen molar-refractivity contribution < 1.29 is 14.6 Å². The van der Waals surface area contributed by atoms with E-state index in [1.165, 1.54) is 0 Å². The van der Waals surface area contributed by atoms with E-state index in [0.29, 0.717) is 13.0 Å². The van der Waals surface area contributed by atoms with Crippen molar-refractivity contribution in [1.29, 1.82) is 0 Å². The minimum absolute atomic E-state index is 0.0621. The number of hydrogen-bond acceptors (Lipinski definition) is 3. The predicted molar refractivity (Wildman–Crippen MR) is 95.0 cm³/mol. The lowest BCUT2D eigenvalue weighted by Crippen LogP contribution is -2.40. The fraction of sp³-hybridized carbons (Fsp3) is 0.350. The number of hydrogen-bond donors (Lipinski definition) is 2. The molecule has 0 bridgehead atoms. The van der Waals surface area contributed by atoms with Gasteiger partial charge in [-0.15, -0.1) is 0 Å². The summed E-state index contributed by atoms with van der Waals surface area (Å²) in [5.74, 6) is 0.703. The molecule has 1 atom stereocenters. The summed E-state index contributed by atoms with van der Waals surface area (Å²) in [6.07, 6.45) is -0.0929. The van der Waals surface area contributed by atoms with Crippen LogP contribution in [0.2, 0.25) is 0 Å². The van der Waals surface area contributed by atoms with Crippen LogP contribution in [0.25, 0.3) is 0 Å². The molecule has 0 aliphatic heterocycles. The largest absolute Gasteiger partial charge is 0.497 e.